The van der Waals surface area contributed by atoms with Crippen LogP contribution in [0.15, 0.2) is 24.3 Å². The van der Waals surface area contributed by atoms with E-state index in [-0.39, 0.29) is 11.3 Å². The first-order valence-corrected chi connectivity index (χ1v) is 12.6. The predicted molar refractivity (Wildman–Crippen MR) is 128 cm³/mol. The molecule has 7 nitrogen and oxygen atoms in total. The molecule has 0 spiro atoms. The van der Waals surface area contributed by atoms with Crippen LogP contribution in [0.4, 0.5) is 5.69 Å². The Hall–Kier alpha value is -2.39. The summed E-state index contributed by atoms with van der Waals surface area (Å²) >= 11 is 6.92. The Labute approximate surface area is 196 Å². The third kappa shape index (κ3) is 3.71. The van der Waals surface area contributed by atoms with Crippen LogP contribution in [-0.4, -0.2) is 30.8 Å². The van der Waals surface area contributed by atoms with Crippen LogP contribution in [-0.2, 0) is 4.79 Å². The van der Waals surface area contributed by atoms with Gasteiger partial charge < -0.3 is 10.6 Å². The van der Waals surface area contributed by atoms with Crippen molar-refractivity contribution in [2.24, 2.45) is 23.2 Å². The second kappa shape index (κ2) is 7.59. The molecule has 2 N–H and O–H groups in total. The molecule has 166 valence electrons. The fourth-order valence-electron chi connectivity index (χ4n) is 6.71. The van der Waals surface area contributed by atoms with E-state index in [4.69, 9.17) is 12.2 Å². The highest BCUT2D eigenvalue weighted by Crippen LogP contribution is 2.61. The topological polar surface area (TPSA) is 84.2 Å². The number of aryl methyl sites for hydroxylation is 1. The maximum absolute atomic E-state index is 12.8. The number of amides is 1. The van der Waals surface area contributed by atoms with Gasteiger partial charge in [-0.15, -0.1) is 10.2 Å². The van der Waals surface area contributed by atoms with Crippen molar-refractivity contribution < 1.29 is 4.79 Å². The van der Waals surface area contributed by atoms with E-state index in [0.29, 0.717) is 11.5 Å². The number of anilines is 1. The second-order valence-electron chi connectivity index (χ2n) is 10.0. The molecule has 4 bridgehead atoms. The van der Waals surface area contributed by atoms with Crippen LogP contribution in [0.1, 0.15) is 50.8 Å². The molecular weight excluding hydrogens is 440 g/mol. The van der Waals surface area contributed by atoms with Gasteiger partial charge in [-0.1, -0.05) is 11.3 Å². The van der Waals surface area contributed by atoms with E-state index in [1.54, 1.807) is 4.52 Å². The number of hydrogen-bond donors (Lipinski definition) is 2. The summed E-state index contributed by atoms with van der Waals surface area (Å²) in [7, 11) is 0. The van der Waals surface area contributed by atoms with E-state index in [1.807, 2.05) is 31.2 Å². The van der Waals surface area contributed by atoms with Crippen LogP contribution in [0.2, 0.25) is 0 Å². The van der Waals surface area contributed by atoms with Gasteiger partial charge in [0, 0.05) is 17.7 Å². The molecule has 0 atom stereocenters. The van der Waals surface area contributed by atoms with Crippen LogP contribution in [0, 0.1) is 30.1 Å². The maximum Gasteiger partial charge on any atom is 0.234 e. The Morgan fingerprint density at radius 1 is 1.12 bits per heavy atom. The van der Waals surface area contributed by atoms with E-state index in [1.165, 1.54) is 49.9 Å². The summed E-state index contributed by atoms with van der Waals surface area (Å²) in [5, 5.41) is 20.0. The van der Waals surface area contributed by atoms with Crippen LogP contribution in [0.5, 0.6) is 0 Å². The van der Waals surface area contributed by atoms with Crippen molar-refractivity contribution in [2.45, 2.75) is 51.9 Å². The fourth-order valence-corrected chi connectivity index (χ4v) is 7.83. The van der Waals surface area contributed by atoms with Crippen molar-refractivity contribution in [3.63, 3.8) is 0 Å². The van der Waals surface area contributed by atoms with Gasteiger partial charge in [-0.2, -0.15) is 9.61 Å². The summed E-state index contributed by atoms with van der Waals surface area (Å²) in [6.07, 6.45) is 8.46. The zero-order valence-corrected chi connectivity index (χ0v) is 19.6. The van der Waals surface area contributed by atoms with Crippen LogP contribution in [0.25, 0.3) is 15.5 Å². The standard InChI is InChI=1S/C23H26N6OS2/c1-13-26-27-22-29(13)28-20(32-22)17-2-4-18(5-3-17)24-21(31)25-19(30)12-23-9-14-6-15(10-23)8-16(7-14)11-23/h2-5,14-16H,6-12H2,1H3,(H2,24,25,30,31). The molecule has 4 aliphatic rings. The molecule has 4 saturated carbocycles. The molecule has 2 heterocycles. The minimum absolute atomic E-state index is 0.0520. The van der Waals surface area contributed by atoms with Crippen molar-refractivity contribution in [1.82, 2.24) is 25.1 Å². The number of nitrogens with one attached hydrogen (secondary N) is 2. The molecule has 0 unspecified atom stereocenters. The number of fused-ring (bicyclic) bond motifs is 1. The molecule has 1 aromatic carbocycles. The number of rotatable bonds is 4. The van der Waals surface area contributed by atoms with E-state index in [9.17, 15) is 4.79 Å². The average molecular weight is 467 g/mol. The van der Waals surface area contributed by atoms with Gasteiger partial charge >= 0.3 is 0 Å². The number of carbonyl (C=O) groups is 1. The van der Waals surface area contributed by atoms with Crippen molar-refractivity contribution in [2.75, 3.05) is 5.32 Å². The molecule has 9 heteroatoms. The zero-order chi connectivity index (χ0) is 21.9. The lowest BCUT2D eigenvalue weighted by molar-refractivity contribution is -0.127. The number of hydrogen-bond acceptors (Lipinski definition) is 6. The molecule has 0 saturated heterocycles. The second-order valence-corrected chi connectivity index (χ2v) is 11.4. The van der Waals surface area contributed by atoms with Crippen LogP contribution >= 0.6 is 23.6 Å². The lowest BCUT2D eigenvalue weighted by atomic mass is 9.49. The maximum atomic E-state index is 12.8. The Morgan fingerprint density at radius 2 is 1.78 bits per heavy atom. The van der Waals surface area contributed by atoms with E-state index >= 15 is 0 Å². The van der Waals surface area contributed by atoms with Gasteiger partial charge in [-0.25, -0.2) is 0 Å². The first kappa shape index (κ1) is 20.2. The molecule has 32 heavy (non-hydrogen) atoms. The molecule has 7 rings (SSSR count). The van der Waals surface area contributed by atoms with Gasteiger partial charge in [0.05, 0.1) is 0 Å². The number of aromatic nitrogens is 4. The quantitative estimate of drug-likeness (QED) is 0.548. The normalized spacial score (nSPS) is 28.2. The first-order valence-electron chi connectivity index (χ1n) is 11.3. The smallest absolute Gasteiger partial charge is 0.234 e. The summed E-state index contributed by atoms with van der Waals surface area (Å²) in [6, 6.07) is 7.87. The molecule has 1 amide bonds. The summed E-state index contributed by atoms with van der Waals surface area (Å²) < 4.78 is 1.75. The van der Waals surface area contributed by atoms with Gasteiger partial charge in [0.1, 0.15) is 5.01 Å². The van der Waals surface area contributed by atoms with Gasteiger partial charge in [0.25, 0.3) is 0 Å². The van der Waals surface area contributed by atoms with Crippen LogP contribution in [0.3, 0.4) is 0 Å². The Bertz CT molecular complexity index is 1160. The number of thiocarbonyl (C=S) groups is 1. The van der Waals surface area contributed by atoms with Gasteiger partial charge in [0.15, 0.2) is 10.9 Å². The SMILES string of the molecule is Cc1nnc2sc(-c3ccc(NC(=S)NC(=O)CC45CC6CC(CC(C6)C4)C5)cc3)nn12. The molecule has 0 radical (unpaired) electrons. The fraction of sp³-hybridized carbons (Fsp3) is 0.522. The van der Waals surface area contributed by atoms with Gasteiger partial charge in [-0.05, 0) is 105 Å². The minimum Gasteiger partial charge on any atom is -0.332 e. The molecule has 3 aromatic rings. The molecule has 4 aliphatic carbocycles. The highest BCUT2D eigenvalue weighted by molar-refractivity contribution is 7.80. The highest BCUT2D eigenvalue weighted by Gasteiger charge is 2.51. The minimum atomic E-state index is 0.0520. The Balaban J connectivity index is 1.06. The van der Waals surface area contributed by atoms with Gasteiger partial charge in [-0.3, -0.25) is 4.79 Å². The third-order valence-corrected chi connectivity index (χ3v) is 8.64. The average Bonchev–Trinajstić information content (AvgIpc) is 3.29. The zero-order valence-electron chi connectivity index (χ0n) is 18.0. The van der Waals surface area contributed by atoms with Crippen molar-refractivity contribution in [1.29, 1.82) is 0 Å². The summed E-state index contributed by atoms with van der Waals surface area (Å²) in [5.41, 5.74) is 2.06. The lowest BCUT2D eigenvalue weighted by Crippen LogP contribution is -2.48. The summed E-state index contributed by atoms with van der Waals surface area (Å²) in [6.45, 7) is 1.88. The monoisotopic (exact) mass is 466 g/mol. The highest BCUT2D eigenvalue weighted by atomic mass is 32.1. The first-order chi connectivity index (χ1) is 15.4. The van der Waals surface area contributed by atoms with E-state index in [2.05, 4.69) is 25.9 Å². The van der Waals surface area contributed by atoms with E-state index in [0.717, 1.165) is 44.8 Å². The number of benzene rings is 1. The summed E-state index contributed by atoms with van der Waals surface area (Å²) in [4.78, 5) is 13.6. The largest absolute Gasteiger partial charge is 0.332 e. The molecular formula is C23H26N6OS2. The van der Waals surface area contributed by atoms with Crippen molar-refractivity contribution >= 4 is 45.2 Å². The molecule has 4 fully saturated rings. The summed E-state index contributed by atoms with van der Waals surface area (Å²) in [5.74, 6) is 3.37. The van der Waals surface area contributed by atoms with Crippen molar-refractivity contribution in [3.8, 4) is 10.6 Å². The third-order valence-electron chi connectivity index (χ3n) is 7.49. The van der Waals surface area contributed by atoms with Crippen molar-refractivity contribution in [3.05, 3.63) is 30.1 Å². The lowest BCUT2D eigenvalue weighted by Gasteiger charge is -2.56. The molecule has 2 aromatic heterocycles. The van der Waals surface area contributed by atoms with E-state index < -0.39 is 0 Å². The van der Waals surface area contributed by atoms with Gasteiger partial charge in [0.2, 0.25) is 10.9 Å². The number of nitrogens with zero attached hydrogens (tertiary/aromatic N) is 4. The number of carbonyl (C=O) groups excluding carboxylic acids is 1. The Kier molecular flexibility index (Phi) is 4.80. The van der Waals surface area contributed by atoms with Crippen LogP contribution < -0.4 is 10.6 Å². The predicted octanol–water partition coefficient (Wildman–Crippen LogP) is 4.58. The molecule has 0 aliphatic heterocycles. The Morgan fingerprint density at radius 3 is 2.41 bits per heavy atom.